The van der Waals surface area contributed by atoms with Gasteiger partial charge in [0.15, 0.2) is 0 Å². The van der Waals surface area contributed by atoms with Gasteiger partial charge < -0.3 is 10.6 Å². The minimum Gasteiger partial charge on any atom is -0.333 e. The number of nitrogens with one attached hydrogen (secondary N) is 2. The van der Waals surface area contributed by atoms with E-state index in [0.29, 0.717) is 17.3 Å². The molecule has 3 nitrogen and oxygen atoms in total. The number of amides is 2. The van der Waals surface area contributed by atoms with E-state index in [1.165, 1.54) is 5.56 Å². The van der Waals surface area contributed by atoms with Crippen molar-refractivity contribution < 1.29 is 4.79 Å². The number of thiophene rings is 1. The van der Waals surface area contributed by atoms with Crippen LogP contribution < -0.4 is 10.6 Å². The molecule has 1 aromatic heterocycles. The predicted octanol–water partition coefficient (Wildman–Crippen LogP) is 4.03. The van der Waals surface area contributed by atoms with Crippen molar-refractivity contribution in [3.63, 3.8) is 0 Å². The Morgan fingerprint density at radius 3 is 2.78 bits per heavy atom. The SMILES string of the molecule is Cc1ccsc1CNC(=O)Nc1ccccc1Cl. The van der Waals surface area contributed by atoms with Gasteiger partial charge in [0.25, 0.3) is 0 Å². The Morgan fingerprint density at radius 2 is 2.11 bits per heavy atom. The Morgan fingerprint density at radius 1 is 1.33 bits per heavy atom. The second kappa shape index (κ2) is 5.89. The van der Waals surface area contributed by atoms with Crippen LogP contribution in [0.2, 0.25) is 5.02 Å². The van der Waals surface area contributed by atoms with Crippen molar-refractivity contribution in [2.24, 2.45) is 0 Å². The third-order valence-corrected chi connectivity index (χ3v) is 3.85. The maximum atomic E-state index is 11.7. The summed E-state index contributed by atoms with van der Waals surface area (Å²) in [6.07, 6.45) is 0. The van der Waals surface area contributed by atoms with Crippen molar-refractivity contribution >= 4 is 34.7 Å². The first kappa shape index (κ1) is 12.9. The fourth-order valence-electron chi connectivity index (χ4n) is 1.47. The lowest BCUT2D eigenvalue weighted by molar-refractivity contribution is 0.252. The highest BCUT2D eigenvalue weighted by molar-refractivity contribution is 7.10. The molecule has 0 fully saturated rings. The summed E-state index contributed by atoms with van der Waals surface area (Å²) in [5, 5.41) is 8.06. The van der Waals surface area contributed by atoms with E-state index in [1.807, 2.05) is 30.5 Å². The van der Waals surface area contributed by atoms with Crippen LogP contribution in [0.15, 0.2) is 35.7 Å². The monoisotopic (exact) mass is 280 g/mol. The molecule has 0 aliphatic heterocycles. The van der Waals surface area contributed by atoms with E-state index in [9.17, 15) is 4.79 Å². The number of aryl methyl sites for hydroxylation is 1. The van der Waals surface area contributed by atoms with Gasteiger partial charge in [-0.3, -0.25) is 0 Å². The van der Waals surface area contributed by atoms with Crippen LogP contribution in [-0.4, -0.2) is 6.03 Å². The van der Waals surface area contributed by atoms with Gasteiger partial charge in [-0.05, 0) is 36.1 Å². The molecule has 0 bridgehead atoms. The molecular weight excluding hydrogens is 268 g/mol. The molecule has 0 spiro atoms. The van der Waals surface area contributed by atoms with Crippen molar-refractivity contribution in [2.45, 2.75) is 13.5 Å². The smallest absolute Gasteiger partial charge is 0.319 e. The second-order valence-electron chi connectivity index (χ2n) is 3.81. The normalized spacial score (nSPS) is 10.1. The maximum Gasteiger partial charge on any atom is 0.319 e. The Kier molecular flexibility index (Phi) is 4.23. The molecule has 0 aliphatic carbocycles. The van der Waals surface area contributed by atoms with Gasteiger partial charge in [-0.2, -0.15) is 0 Å². The minimum atomic E-state index is -0.254. The summed E-state index contributed by atoms with van der Waals surface area (Å²) in [6.45, 7) is 2.55. The molecule has 0 saturated carbocycles. The number of hydrogen-bond acceptors (Lipinski definition) is 2. The van der Waals surface area contributed by atoms with Crippen molar-refractivity contribution in [3.05, 3.63) is 51.2 Å². The van der Waals surface area contributed by atoms with Gasteiger partial charge in [0.1, 0.15) is 0 Å². The van der Waals surface area contributed by atoms with Crippen LogP contribution in [0.4, 0.5) is 10.5 Å². The number of benzene rings is 1. The van der Waals surface area contributed by atoms with Gasteiger partial charge in [-0.15, -0.1) is 11.3 Å². The van der Waals surface area contributed by atoms with E-state index in [0.717, 1.165) is 4.88 Å². The van der Waals surface area contributed by atoms with E-state index in [2.05, 4.69) is 10.6 Å². The van der Waals surface area contributed by atoms with Gasteiger partial charge in [0.05, 0.1) is 17.3 Å². The first-order valence-corrected chi connectivity index (χ1v) is 6.75. The van der Waals surface area contributed by atoms with Crippen molar-refractivity contribution in [1.82, 2.24) is 5.32 Å². The number of halogens is 1. The summed E-state index contributed by atoms with van der Waals surface area (Å²) in [4.78, 5) is 12.9. The average molecular weight is 281 g/mol. The van der Waals surface area contributed by atoms with Gasteiger partial charge >= 0.3 is 6.03 Å². The van der Waals surface area contributed by atoms with Gasteiger partial charge in [0.2, 0.25) is 0 Å². The third-order valence-electron chi connectivity index (χ3n) is 2.50. The molecule has 0 radical (unpaired) electrons. The summed E-state index contributed by atoms with van der Waals surface area (Å²) in [6, 6.07) is 8.92. The number of rotatable bonds is 3. The zero-order valence-corrected chi connectivity index (χ0v) is 11.4. The van der Waals surface area contributed by atoms with Crippen LogP contribution in [0.5, 0.6) is 0 Å². The largest absolute Gasteiger partial charge is 0.333 e. The van der Waals surface area contributed by atoms with Crippen LogP contribution in [0, 0.1) is 6.92 Å². The number of urea groups is 1. The van der Waals surface area contributed by atoms with Crippen molar-refractivity contribution in [1.29, 1.82) is 0 Å². The predicted molar refractivity (Wildman–Crippen MR) is 76.4 cm³/mol. The van der Waals surface area contributed by atoms with E-state index < -0.39 is 0 Å². The zero-order valence-electron chi connectivity index (χ0n) is 9.87. The molecule has 2 aromatic rings. The molecule has 1 aromatic carbocycles. The fourth-order valence-corrected chi connectivity index (χ4v) is 2.50. The Labute approximate surface area is 115 Å². The first-order valence-electron chi connectivity index (χ1n) is 5.49. The van der Waals surface area contributed by atoms with Crippen LogP contribution in [0.1, 0.15) is 10.4 Å². The Hall–Kier alpha value is -1.52. The van der Waals surface area contributed by atoms with Crippen molar-refractivity contribution in [3.8, 4) is 0 Å². The second-order valence-corrected chi connectivity index (χ2v) is 5.22. The first-order chi connectivity index (χ1) is 8.66. The molecule has 18 heavy (non-hydrogen) atoms. The Bertz CT molecular complexity index is 553. The molecule has 5 heteroatoms. The fraction of sp³-hybridized carbons (Fsp3) is 0.154. The van der Waals surface area contributed by atoms with Crippen molar-refractivity contribution in [2.75, 3.05) is 5.32 Å². The molecule has 0 atom stereocenters. The number of hydrogen-bond donors (Lipinski definition) is 2. The lowest BCUT2D eigenvalue weighted by Gasteiger charge is -2.08. The van der Waals surface area contributed by atoms with E-state index >= 15 is 0 Å². The topological polar surface area (TPSA) is 41.1 Å². The molecule has 0 aliphatic rings. The zero-order chi connectivity index (χ0) is 13.0. The molecular formula is C13H13ClN2OS. The number of para-hydroxylation sites is 1. The summed E-state index contributed by atoms with van der Waals surface area (Å²) in [5.74, 6) is 0. The highest BCUT2D eigenvalue weighted by atomic mass is 35.5. The van der Waals surface area contributed by atoms with E-state index in [4.69, 9.17) is 11.6 Å². The third kappa shape index (κ3) is 3.24. The summed E-state index contributed by atoms with van der Waals surface area (Å²) >= 11 is 7.59. The molecule has 94 valence electrons. The minimum absolute atomic E-state index is 0.254. The summed E-state index contributed by atoms with van der Waals surface area (Å²) in [5.41, 5.74) is 1.80. The van der Waals surface area contributed by atoms with Gasteiger partial charge in [-0.1, -0.05) is 23.7 Å². The summed E-state index contributed by atoms with van der Waals surface area (Å²) < 4.78 is 0. The standard InChI is InChI=1S/C13H13ClN2OS/c1-9-6-7-18-12(9)8-15-13(17)16-11-5-3-2-4-10(11)14/h2-7H,8H2,1H3,(H2,15,16,17). The summed E-state index contributed by atoms with van der Waals surface area (Å²) in [7, 11) is 0. The number of carbonyl (C=O) groups is 1. The number of carbonyl (C=O) groups excluding carboxylic acids is 1. The molecule has 0 unspecified atom stereocenters. The van der Waals surface area contributed by atoms with Crippen LogP contribution >= 0.6 is 22.9 Å². The van der Waals surface area contributed by atoms with E-state index in [-0.39, 0.29) is 6.03 Å². The molecule has 2 rings (SSSR count). The lowest BCUT2D eigenvalue weighted by Crippen LogP contribution is -2.28. The van der Waals surface area contributed by atoms with Crippen LogP contribution in [-0.2, 0) is 6.54 Å². The highest BCUT2D eigenvalue weighted by Crippen LogP contribution is 2.20. The van der Waals surface area contributed by atoms with Crippen LogP contribution in [0.25, 0.3) is 0 Å². The molecule has 2 N–H and O–H groups in total. The highest BCUT2D eigenvalue weighted by Gasteiger charge is 2.06. The lowest BCUT2D eigenvalue weighted by atomic mass is 10.3. The Balaban J connectivity index is 1.90. The van der Waals surface area contributed by atoms with Crippen LogP contribution in [0.3, 0.4) is 0 Å². The average Bonchev–Trinajstić information content (AvgIpc) is 2.75. The number of anilines is 1. The van der Waals surface area contributed by atoms with Gasteiger partial charge in [-0.25, -0.2) is 4.79 Å². The molecule has 0 saturated heterocycles. The van der Waals surface area contributed by atoms with Gasteiger partial charge in [0, 0.05) is 4.88 Å². The van der Waals surface area contributed by atoms with E-state index in [1.54, 1.807) is 23.5 Å². The quantitative estimate of drug-likeness (QED) is 0.875. The molecule has 1 heterocycles. The molecule has 2 amide bonds. The maximum absolute atomic E-state index is 11.7.